The van der Waals surface area contributed by atoms with Crippen molar-refractivity contribution in [2.24, 2.45) is 0 Å². The molecule has 12 heterocycles. The second-order valence-corrected chi connectivity index (χ2v) is 44.0. The third kappa shape index (κ3) is 27.2. The molecular formula is C73H101N13O42P5S4-5. The number of methoxy groups -OCH3 is 4. The van der Waals surface area contributed by atoms with E-state index in [1.165, 1.54) is 82.4 Å². The van der Waals surface area contributed by atoms with Crippen molar-refractivity contribution in [3.05, 3.63) is 185 Å². The maximum absolute atomic E-state index is 15.4. The predicted octanol–water partition coefficient (Wildman–Crippen LogP) is -4.62. The summed E-state index contributed by atoms with van der Waals surface area (Å²) in [7, 11) is -0.974. The van der Waals surface area contributed by atoms with Crippen molar-refractivity contribution >= 4 is 88.3 Å². The van der Waals surface area contributed by atoms with Gasteiger partial charge in [-0.1, -0.05) is 42.3 Å². The minimum Gasteiger partial charge on any atom is -0.780 e. The van der Waals surface area contributed by atoms with E-state index in [-0.39, 0.29) is 91.7 Å². The SMILES string of the molecule is CC[C@H]1O[C@@H](n2cc(C)c(=O)[nH]c2=O)CC1OP([O-])(=S)OC[C@H]1O[C@@H](n2cc(C)c(=O)[nH]c2=O)CC1OP(=O)([S-])OC[C@H]1O[C@@H](n2cc(C)c(=O)[nH]c2=O)[C@@H](OCCOC)C1OP(=O)([O-])OC[C@H]1O[C@@H](n2cc(C)c(=O)[nH]c2=O)[C@@H](OCCOC)C1OP([O-])(=S)OC[C@H]1O[C@@H](n2cc(C)c(N)nc2=O)[C@@H](OCCOC)C1OP([O-])(=S)OC[C@H]1O[C@@H](n2cc(C)c(=O)[nH]c2=O)[C@@H](OCCOC)C1O. The number of hydrogen-bond donors (Lipinski definition) is 7. The number of phosphoric ester groups is 1. The first-order chi connectivity index (χ1) is 64.7. The highest BCUT2D eigenvalue weighted by molar-refractivity contribution is 8.32. The van der Waals surface area contributed by atoms with E-state index >= 15 is 14.4 Å². The number of nitrogens with two attached hydrogens (primary N) is 1. The predicted molar refractivity (Wildman–Crippen MR) is 473 cm³/mol. The van der Waals surface area contributed by atoms with E-state index in [1.807, 2.05) is 0 Å². The van der Waals surface area contributed by atoms with E-state index in [1.54, 1.807) is 6.92 Å². The van der Waals surface area contributed by atoms with Crippen LogP contribution in [0.2, 0.25) is 0 Å². The third-order valence-corrected chi connectivity index (χ3v) is 29.4. The lowest BCUT2D eigenvalue weighted by atomic mass is 10.1. The lowest BCUT2D eigenvalue weighted by molar-refractivity contribution is -0.238. The van der Waals surface area contributed by atoms with Crippen molar-refractivity contribution in [3.63, 3.8) is 0 Å². The number of aromatic nitrogens is 12. The molecule has 0 spiro atoms. The van der Waals surface area contributed by atoms with Gasteiger partial charge in [-0.3, -0.25) is 85.4 Å². The topological polar surface area (TPSA) is 703 Å². The molecule has 0 amide bonds. The smallest absolute Gasteiger partial charge is 0.351 e. The van der Waals surface area contributed by atoms with Crippen LogP contribution in [0.4, 0.5) is 5.82 Å². The molecule has 0 aromatic carbocycles. The van der Waals surface area contributed by atoms with Gasteiger partial charge in [0.05, 0.1) is 104 Å². The number of aliphatic hydroxyl groups is 1. The Balaban J connectivity index is 0.825. The van der Waals surface area contributed by atoms with E-state index in [2.05, 4.69) is 29.9 Å². The summed E-state index contributed by atoms with van der Waals surface area (Å²) in [5.74, 6) is -0.213. The molecule has 764 valence electrons. The highest BCUT2D eigenvalue weighted by atomic mass is 32.7. The molecule has 11 unspecified atom stereocenters. The number of ether oxygens (including phenoxy) is 14. The molecule has 6 aliphatic rings. The van der Waals surface area contributed by atoms with Crippen molar-refractivity contribution in [1.29, 1.82) is 0 Å². The van der Waals surface area contributed by atoms with Crippen LogP contribution >= 0.6 is 34.8 Å². The van der Waals surface area contributed by atoms with E-state index in [9.17, 15) is 72.2 Å². The zero-order valence-corrected chi connectivity index (χ0v) is 82.5. The fourth-order valence-corrected chi connectivity index (χ4v) is 22.1. The highest BCUT2D eigenvalue weighted by Crippen LogP contribution is 2.56. The Bertz CT molecular complexity index is 6240. The Morgan fingerprint density at radius 1 is 0.401 bits per heavy atom. The average Bonchev–Trinajstić information content (AvgIpc) is 1.64. The normalized spacial score (nSPS) is 29.5. The molecule has 27 atom stereocenters. The summed E-state index contributed by atoms with van der Waals surface area (Å²) in [4.78, 5) is 219. The van der Waals surface area contributed by atoms with Gasteiger partial charge >= 0.3 is 34.1 Å². The number of aryl methyl sites for hydroxylation is 6. The van der Waals surface area contributed by atoms with E-state index in [4.69, 9.17) is 165 Å². The second-order valence-electron chi connectivity index (χ2n) is 31.8. The fraction of sp³-hybridized carbons (Fsp3) is 0.671. The second kappa shape index (κ2) is 47.0. The Hall–Kier alpha value is -6.32. The van der Waals surface area contributed by atoms with Gasteiger partial charge in [-0.25, -0.2) is 28.8 Å². The molecule has 64 heteroatoms. The summed E-state index contributed by atoms with van der Waals surface area (Å²) in [6, 6.07) is 0. The first kappa shape index (κ1) is 109. The summed E-state index contributed by atoms with van der Waals surface area (Å²) in [6.07, 6.45) is -30.1. The lowest BCUT2D eigenvalue weighted by Crippen LogP contribution is -2.43. The quantitative estimate of drug-likeness (QED) is 0.0107. The molecule has 6 aromatic heterocycles. The Labute approximate surface area is 794 Å². The van der Waals surface area contributed by atoms with E-state index < -0.39 is 284 Å². The van der Waals surface area contributed by atoms with Crippen molar-refractivity contribution in [2.75, 3.05) is 120 Å². The number of aliphatic hydroxyl groups excluding tert-OH is 1. The number of nitrogen functional groups attached to an aromatic ring is 1. The van der Waals surface area contributed by atoms with Crippen LogP contribution in [0.5, 0.6) is 0 Å². The Morgan fingerprint density at radius 2 is 0.708 bits per heavy atom. The molecule has 6 saturated heterocycles. The molecule has 55 nitrogen and oxygen atoms in total. The largest absolute Gasteiger partial charge is 0.780 e. The number of rotatable bonds is 48. The molecule has 137 heavy (non-hydrogen) atoms. The fourth-order valence-electron chi connectivity index (χ4n) is 15.4. The molecule has 12 rings (SSSR count). The number of anilines is 1. The number of aromatic amines is 5. The van der Waals surface area contributed by atoms with Gasteiger partial charge in [0.15, 0.2) is 31.7 Å². The van der Waals surface area contributed by atoms with Gasteiger partial charge in [-0.15, -0.1) is 0 Å². The third-order valence-electron chi connectivity index (χ3n) is 22.2. The number of nitrogens with one attached hydrogen (secondary N) is 5. The Kier molecular flexibility index (Phi) is 37.6. The summed E-state index contributed by atoms with van der Waals surface area (Å²) >= 11 is 21.9. The van der Waals surface area contributed by atoms with Crippen LogP contribution in [0, 0.1) is 41.5 Å². The van der Waals surface area contributed by atoms with Crippen molar-refractivity contribution < 1.29 is 145 Å². The molecule has 0 bridgehead atoms. The maximum Gasteiger partial charge on any atom is 0.351 e. The van der Waals surface area contributed by atoms with Crippen LogP contribution in [0.1, 0.15) is 96.9 Å². The monoisotopic (exact) mass is 2110 g/mol. The van der Waals surface area contributed by atoms with Gasteiger partial charge in [0, 0.05) is 112 Å². The number of nitrogens with zero attached hydrogens (tertiary/aromatic N) is 7. The summed E-state index contributed by atoms with van der Waals surface area (Å²) in [5, 5.41) is 11.7. The van der Waals surface area contributed by atoms with Gasteiger partial charge < -0.3 is 154 Å². The van der Waals surface area contributed by atoms with Gasteiger partial charge in [0.2, 0.25) is 0 Å². The highest BCUT2D eigenvalue weighted by Gasteiger charge is 2.55. The lowest BCUT2D eigenvalue weighted by Gasteiger charge is -2.37. The zero-order valence-electron chi connectivity index (χ0n) is 74.7. The maximum atomic E-state index is 15.4. The van der Waals surface area contributed by atoms with Crippen LogP contribution < -0.4 is 87.2 Å². The molecule has 0 aliphatic carbocycles. The summed E-state index contributed by atoms with van der Waals surface area (Å²) in [5.41, 5.74) is -3.82. The molecular weight excluding hydrogens is 2010 g/mol. The molecule has 6 aliphatic heterocycles. The zero-order chi connectivity index (χ0) is 99.8. The number of hydrogen-bond acceptors (Lipinski definition) is 48. The first-order valence-corrected chi connectivity index (χ1v) is 53.5. The van der Waals surface area contributed by atoms with Crippen LogP contribution in [0.25, 0.3) is 0 Å². The van der Waals surface area contributed by atoms with Crippen LogP contribution in [0.3, 0.4) is 0 Å². The number of phosphoric acid groups is 1. The standard InChI is InChI=1S/C73H106N13O42P5S4/c1-12-40-41(21-48(118-40)81-24-35(3)59(88)76-69(81)94)124-130(101,134)114-29-43-42(22-49(119-43)82-25-36(4)60(89)77-70(82)95)125-131(102,135)116-32-46-51(55(110-18-14-106-9)65(122-46)85-27-38(6)62(91)79-72(85)97)126-129(99,100)113-31-45-52(56(111-19-15-107-10)67(121-45)86-28-39(7)63(92)80-73(86)98)127-133(104,137)117-33-47-53(57(112-20-16-108-11)66(123-47)83-23-34(2)58(74)75-68(83)93)128-132(103,136)115-30-44-50(87)54(109-17-13-105-8)64(120-44)84-26-37(5)61(90)78-71(84)96/h23-28,40-57,64-67,87H,12-22,29-33H2,1-11H3,(H,99,100)(H,101,134)(H,102,135)(H,103,136)(H,104,137)(H2,74,75,93)(H,76,88,94)(H,77,89,95)(H,78,90,96)(H,79,91,97)(H,80,92,98)/p-5/t40-,41?,42?,43-,44-,45-,46-,47-,48-,49-,50?,51?,52?,53?,54+,55+,56+,57+,64-,65-,66-,67-,130?,131?,132?,133?/m1/s1. The van der Waals surface area contributed by atoms with Crippen LogP contribution in [-0.2, 0) is 168 Å². The first-order valence-electron chi connectivity index (χ1n) is 41.9. The van der Waals surface area contributed by atoms with Gasteiger partial charge in [0.25, 0.3) is 35.6 Å². The van der Waals surface area contributed by atoms with Crippen molar-refractivity contribution in [2.45, 2.75) is 203 Å². The van der Waals surface area contributed by atoms with Gasteiger partial charge in [0.1, 0.15) is 118 Å². The molecule has 6 fully saturated rings. The molecule has 8 N–H and O–H groups in total. The number of H-pyrrole nitrogens is 5. The minimum absolute atomic E-state index is 0.00538. The molecule has 6 aromatic rings. The van der Waals surface area contributed by atoms with Crippen LogP contribution in [-0.4, -0.2) is 274 Å². The van der Waals surface area contributed by atoms with Crippen LogP contribution in [0.15, 0.2) is 89.9 Å². The van der Waals surface area contributed by atoms with E-state index in [0.717, 1.165) is 52.2 Å². The average molecular weight is 2120 g/mol. The Morgan fingerprint density at radius 3 is 1.11 bits per heavy atom. The molecule has 0 saturated carbocycles. The molecule has 0 radical (unpaired) electrons. The summed E-state index contributed by atoms with van der Waals surface area (Å²) in [6.45, 7) is -17.8. The minimum atomic E-state index is -6.19. The van der Waals surface area contributed by atoms with Crippen molar-refractivity contribution in [1.82, 2.24) is 57.3 Å². The van der Waals surface area contributed by atoms with Gasteiger partial charge in [-0.05, 0) is 48.0 Å². The summed E-state index contributed by atoms with van der Waals surface area (Å²) < 4.78 is 177. The van der Waals surface area contributed by atoms with Crippen molar-refractivity contribution in [3.8, 4) is 0 Å². The van der Waals surface area contributed by atoms with Gasteiger partial charge in [-0.2, -0.15) is 4.98 Å². The van der Waals surface area contributed by atoms with E-state index in [0.29, 0.717) is 0 Å².